The maximum Gasteiger partial charge on any atom is 0.202 e. The third-order valence-corrected chi connectivity index (χ3v) is 3.20. The van der Waals surface area contributed by atoms with Crippen molar-refractivity contribution in [2.45, 2.75) is 32.8 Å². The summed E-state index contributed by atoms with van der Waals surface area (Å²) in [6.07, 6.45) is 1.72. The van der Waals surface area contributed by atoms with Crippen molar-refractivity contribution in [1.29, 1.82) is 0 Å². The minimum atomic E-state index is -0.477. The van der Waals surface area contributed by atoms with Crippen molar-refractivity contribution in [2.24, 2.45) is 0 Å². The molecule has 0 bridgehead atoms. The highest BCUT2D eigenvalue weighted by atomic mass is 16.5. The van der Waals surface area contributed by atoms with E-state index >= 15 is 0 Å². The maximum absolute atomic E-state index is 12.2. The number of rotatable bonds is 6. The van der Waals surface area contributed by atoms with E-state index in [1.54, 1.807) is 6.92 Å². The molecule has 0 saturated carbocycles. The Labute approximate surface area is 120 Å². The summed E-state index contributed by atoms with van der Waals surface area (Å²) < 4.78 is 5.71. The lowest BCUT2D eigenvalue weighted by Gasteiger charge is -2.14. The first-order chi connectivity index (χ1) is 9.70. The van der Waals surface area contributed by atoms with Crippen molar-refractivity contribution in [3.63, 3.8) is 0 Å². The SMILES string of the molecule is CCCc1ccc(OC(C)C(=O)c2ccccc2)cc1. The Morgan fingerprint density at radius 3 is 2.30 bits per heavy atom. The van der Waals surface area contributed by atoms with Gasteiger partial charge < -0.3 is 4.74 Å². The molecule has 0 heterocycles. The van der Waals surface area contributed by atoms with Crippen LogP contribution in [-0.4, -0.2) is 11.9 Å². The van der Waals surface area contributed by atoms with Crippen LogP contribution in [0.5, 0.6) is 5.75 Å². The molecule has 2 heteroatoms. The molecule has 0 N–H and O–H groups in total. The quantitative estimate of drug-likeness (QED) is 0.730. The summed E-state index contributed by atoms with van der Waals surface area (Å²) in [7, 11) is 0. The van der Waals surface area contributed by atoms with Gasteiger partial charge in [0.1, 0.15) is 5.75 Å². The molecule has 0 spiro atoms. The molecule has 20 heavy (non-hydrogen) atoms. The topological polar surface area (TPSA) is 26.3 Å². The van der Waals surface area contributed by atoms with Crippen molar-refractivity contribution < 1.29 is 9.53 Å². The number of hydrogen-bond donors (Lipinski definition) is 0. The number of ether oxygens (including phenoxy) is 1. The molecule has 0 radical (unpaired) electrons. The lowest BCUT2D eigenvalue weighted by Crippen LogP contribution is -2.23. The van der Waals surface area contributed by atoms with Crippen LogP contribution in [0.25, 0.3) is 0 Å². The number of carbonyl (C=O) groups excluding carboxylic acids is 1. The highest BCUT2D eigenvalue weighted by Gasteiger charge is 2.16. The van der Waals surface area contributed by atoms with E-state index in [0.717, 1.165) is 18.6 Å². The predicted molar refractivity (Wildman–Crippen MR) is 81.3 cm³/mol. The molecule has 0 fully saturated rings. The Morgan fingerprint density at radius 1 is 1.05 bits per heavy atom. The molecule has 104 valence electrons. The summed E-state index contributed by atoms with van der Waals surface area (Å²) in [4.78, 5) is 12.2. The van der Waals surface area contributed by atoms with Crippen LogP contribution in [0.4, 0.5) is 0 Å². The minimum Gasteiger partial charge on any atom is -0.483 e. The summed E-state index contributed by atoms with van der Waals surface area (Å²) in [5, 5.41) is 0. The van der Waals surface area contributed by atoms with Crippen molar-refractivity contribution in [1.82, 2.24) is 0 Å². The van der Waals surface area contributed by atoms with Crippen LogP contribution in [0, 0.1) is 0 Å². The molecule has 2 aromatic carbocycles. The van der Waals surface area contributed by atoms with Gasteiger partial charge in [-0.1, -0.05) is 55.8 Å². The molecule has 1 atom stereocenters. The fourth-order valence-corrected chi connectivity index (χ4v) is 2.12. The Bertz CT molecular complexity index is 543. The average Bonchev–Trinajstić information content (AvgIpc) is 2.49. The van der Waals surface area contributed by atoms with Gasteiger partial charge in [0, 0.05) is 5.56 Å². The highest BCUT2D eigenvalue weighted by Crippen LogP contribution is 2.16. The number of carbonyl (C=O) groups is 1. The number of benzene rings is 2. The largest absolute Gasteiger partial charge is 0.483 e. The average molecular weight is 268 g/mol. The van der Waals surface area contributed by atoms with Crippen LogP contribution in [0.3, 0.4) is 0 Å². The summed E-state index contributed by atoms with van der Waals surface area (Å²) >= 11 is 0. The summed E-state index contributed by atoms with van der Waals surface area (Å²) in [5.41, 5.74) is 1.98. The van der Waals surface area contributed by atoms with Crippen LogP contribution in [0.1, 0.15) is 36.2 Å². The smallest absolute Gasteiger partial charge is 0.202 e. The maximum atomic E-state index is 12.2. The van der Waals surface area contributed by atoms with E-state index in [2.05, 4.69) is 19.1 Å². The van der Waals surface area contributed by atoms with Crippen molar-refractivity contribution in [3.8, 4) is 5.75 Å². The predicted octanol–water partition coefficient (Wildman–Crippen LogP) is 4.29. The fraction of sp³-hybridized carbons (Fsp3) is 0.278. The lowest BCUT2D eigenvalue weighted by atomic mass is 10.1. The van der Waals surface area contributed by atoms with Crippen molar-refractivity contribution >= 4 is 5.78 Å². The van der Waals surface area contributed by atoms with E-state index in [4.69, 9.17) is 4.74 Å². The molecule has 1 unspecified atom stereocenters. The monoisotopic (exact) mass is 268 g/mol. The number of ketones is 1. The van der Waals surface area contributed by atoms with Gasteiger partial charge in [-0.15, -0.1) is 0 Å². The van der Waals surface area contributed by atoms with Crippen LogP contribution >= 0.6 is 0 Å². The van der Waals surface area contributed by atoms with Gasteiger partial charge in [-0.2, -0.15) is 0 Å². The molecule has 0 aliphatic carbocycles. The number of Topliss-reactive ketones (excluding diaryl/α,β-unsaturated/α-hetero) is 1. The zero-order chi connectivity index (χ0) is 14.4. The second-order valence-corrected chi connectivity index (χ2v) is 4.88. The van der Waals surface area contributed by atoms with Gasteiger partial charge in [0.2, 0.25) is 5.78 Å². The van der Waals surface area contributed by atoms with Gasteiger partial charge in [0.25, 0.3) is 0 Å². The van der Waals surface area contributed by atoms with Gasteiger partial charge in [0.15, 0.2) is 6.10 Å². The van der Waals surface area contributed by atoms with Crippen LogP contribution in [-0.2, 0) is 6.42 Å². The van der Waals surface area contributed by atoms with E-state index in [0.29, 0.717) is 5.56 Å². The van der Waals surface area contributed by atoms with Gasteiger partial charge >= 0.3 is 0 Å². The molecular formula is C18H20O2. The molecule has 0 aromatic heterocycles. The summed E-state index contributed by atoms with van der Waals surface area (Å²) in [6.45, 7) is 3.94. The fourth-order valence-electron chi connectivity index (χ4n) is 2.12. The normalized spacial score (nSPS) is 11.9. The lowest BCUT2D eigenvalue weighted by molar-refractivity contribution is 0.0818. The van der Waals surface area contributed by atoms with E-state index in [1.807, 2.05) is 42.5 Å². The standard InChI is InChI=1S/C18H20O2/c1-3-7-15-10-12-17(13-11-15)20-14(2)18(19)16-8-5-4-6-9-16/h4-6,8-14H,3,7H2,1-2H3. The molecule has 2 aromatic rings. The van der Waals surface area contributed by atoms with Crippen LogP contribution in [0.2, 0.25) is 0 Å². The van der Waals surface area contributed by atoms with Crippen LogP contribution in [0.15, 0.2) is 54.6 Å². The molecule has 2 rings (SSSR count). The van der Waals surface area contributed by atoms with Crippen LogP contribution < -0.4 is 4.74 Å². The zero-order valence-electron chi connectivity index (χ0n) is 12.0. The Morgan fingerprint density at radius 2 is 1.70 bits per heavy atom. The van der Waals surface area contributed by atoms with Crippen molar-refractivity contribution in [2.75, 3.05) is 0 Å². The minimum absolute atomic E-state index is 0.00300. The zero-order valence-corrected chi connectivity index (χ0v) is 12.0. The Balaban J connectivity index is 2.00. The van der Waals surface area contributed by atoms with Gasteiger partial charge in [-0.3, -0.25) is 4.79 Å². The molecule has 0 amide bonds. The second-order valence-electron chi connectivity index (χ2n) is 4.88. The first-order valence-corrected chi connectivity index (χ1v) is 7.05. The Hall–Kier alpha value is -2.09. The van der Waals surface area contributed by atoms with Crippen molar-refractivity contribution in [3.05, 3.63) is 65.7 Å². The van der Waals surface area contributed by atoms with Gasteiger partial charge in [0.05, 0.1) is 0 Å². The van der Waals surface area contributed by atoms with E-state index in [9.17, 15) is 4.79 Å². The van der Waals surface area contributed by atoms with E-state index < -0.39 is 6.10 Å². The molecule has 2 nitrogen and oxygen atoms in total. The van der Waals surface area contributed by atoms with Gasteiger partial charge in [-0.05, 0) is 31.0 Å². The second kappa shape index (κ2) is 6.90. The molecule has 0 saturated heterocycles. The van der Waals surface area contributed by atoms with E-state index in [1.165, 1.54) is 5.56 Å². The molecule has 0 aliphatic heterocycles. The number of aryl methyl sites for hydroxylation is 1. The summed E-state index contributed by atoms with van der Waals surface area (Å²) in [5.74, 6) is 0.741. The molecular weight excluding hydrogens is 248 g/mol. The molecule has 0 aliphatic rings. The Kier molecular flexibility index (Phi) is 4.94. The van der Waals surface area contributed by atoms with Gasteiger partial charge in [-0.25, -0.2) is 0 Å². The van der Waals surface area contributed by atoms with E-state index in [-0.39, 0.29) is 5.78 Å². The third-order valence-electron chi connectivity index (χ3n) is 3.20. The first kappa shape index (κ1) is 14.3. The number of hydrogen-bond acceptors (Lipinski definition) is 2. The third kappa shape index (κ3) is 3.70. The summed E-state index contributed by atoms with van der Waals surface area (Å²) in [6, 6.07) is 17.2. The highest BCUT2D eigenvalue weighted by molar-refractivity contribution is 5.99. The first-order valence-electron chi connectivity index (χ1n) is 7.05.